The quantitative estimate of drug-likeness (QED) is 0.812. The van der Waals surface area contributed by atoms with Gasteiger partial charge in [0, 0.05) is 11.6 Å². The Morgan fingerprint density at radius 2 is 2.11 bits per heavy atom. The van der Waals surface area contributed by atoms with Crippen molar-refractivity contribution in [2.24, 2.45) is 0 Å². The van der Waals surface area contributed by atoms with E-state index in [0.29, 0.717) is 6.04 Å². The maximum Gasteiger partial charge on any atom is 0.181 e. The Morgan fingerprint density at radius 1 is 1.28 bits per heavy atom. The number of hydrogen-bond acceptors (Lipinski definition) is 4. The number of nitrogens with two attached hydrogens (primary N) is 1. The minimum absolute atomic E-state index is 0.573. The van der Waals surface area contributed by atoms with Crippen LogP contribution in [0.3, 0.4) is 0 Å². The highest BCUT2D eigenvalue weighted by atomic mass is 16.3. The van der Waals surface area contributed by atoms with Crippen LogP contribution in [0.25, 0.3) is 11.3 Å². The first-order valence-corrected chi connectivity index (χ1v) is 6.38. The highest BCUT2D eigenvalue weighted by molar-refractivity contribution is 5.74. The second kappa shape index (κ2) is 4.72. The molecular formula is C14H17N3O. The van der Waals surface area contributed by atoms with E-state index in [9.17, 15) is 0 Å². The van der Waals surface area contributed by atoms with Gasteiger partial charge in [0.25, 0.3) is 0 Å². The number of anilines is 2. The SMILES string of the molecule is Nc1cc(-c2cnco2)ccc1NC1CCCC1. The van der Waals surface area contributed by atoms with Gasteiger partial charge in [0.1, 0.15) is 0 Å². The van der Waals surface area contributed by atoms with Gasteiger partial charge < -0.3 is 15.5 Å². The van der Waals surface area contributed by atoms with Gasteiger partial charge in [0.05, 0.1) is 17.6 Å². The Bertz CT molecular complexity index is 516. The van der Waals surface area contributed by atoms with Crippen LogP contribution in [-0.2, 0) is 0 Å². The number of nitrogens with one attached hydrogen (secondary N) is 1. The Labute approximate surface area is 106 Å². The fourth-order valence-electron chi connectivity index (χ4n) is 2.50. The summed E-state index contributed by atoms with van der Waals surface area (Å²) >= 11 is 0. The Hall–Kier alpha value is -1.97. The molecule has 3 rings (SSSR count). The van der Waals surface area contributed by atoms with Crippen molar-refractivity contribution in [3.05, 3.63) is 30.8 Å². The van der Waals surface area contributed by atoms with Crippen LogP contribution in [0.2, 0.25) is 0 Å². The zero-order valence-electron chi connectivity index (χ0n) is 10.2. The highest BCUT2D eigenvalue weighted by Crippen LogP contribution is 2.29. The second-order valence-electron chi connectivity index (χ2n) is 4.79. The van der Waals surface area contributed by atoms with Gasteiger partial charge >= 0.3 is 0 Å². The molecule has 1 aliphatic carbocycles. The predicted octanol–water partition coefficient (Wildman–Crippen LogP) is 3.28. The lowest BCUT2D eigenvalue weighted by molar-refractivity contribution is 0.572. The van der Waals surface area contributed by atoms with Crippen molar-refractivity contribution in [3.63, 3.8) is 0 Å². The number of nitrogen functional groups attached to an aromatic ring is 1. The van der Waals surface area contributed by atoms with Crippen molar-refractivity contribution in [1.29, 1.82) is 0 Å². The standard InChI is InChI=1S/C14H17N3O/c15-12-7-10(14-8-16-9-18-14)5-6-13(12)17-11-3-1-2-4-11/h5-9,11,17H,1-4,15H2. The molecular weight excluding hydrogens is 226 g/mol. The van der Waals surface area contributed by atoms with Crippen molar-refractivity contribution in [2.75, 3.05) is 11.1 Å². The van der Waals surface area contributed by atoms with Crippen LogP contribution in [-0.4, -0.2) is 11.0 Å². The number of nitrogens with zero attached hydrogens (tertiary/aromatic N) is 1. The normalized spacial score (nSPS) is 16.0. The molecule has 0 saturated heterocycles. The van der Waals surface area contributed by atoms with Crippen LogP contribution in [0.15, 0.2) is 35.2 Å². The summed E-state index contributed by atoms with van der Waals surface area (Å²) < 4.78 is 5.26. The molecule has 0 unspecified atom stereocenters. The van der Waals surface area contributed by atoms with Gasteiger partial charge in [-0.3, -0.25) is 0 Å². The Kier molecular flexibility index (Phi) is 2.92. The molecule has 4 nitrogen and oxygen atoms in total. The van der Waals surface area contributed by atoms with Crippen LogP contribution in [0, 0.1) is 0 Å². The molecule has 18 heavy (non-hydrogen) atoms. The average molecular weight is 243 g/mol. The van der Waals surface area contributed by atoms with Crippen LogP contribution in [0.1, 0.15) is 25.7 Å². The summed E-state index contributed by atoms with van der Waals surface area (Å²) in [4.78, 5) is 3.91. The number of aromatic nitrogens is 1. The lowest BCUT2D eigenvalue weighted by Crippen LogP contribution is -2.15. The van der Waals surface area contributed by atoms with Crippen molar-refractivity contribution in [3.8, 4) is 11.3 Å². The fourth-order valence-corrected chi connectivity index (χ4v) is 2.50. The van der Waals surface area contributed by atoms with Crippen molar-refractivity contribution in [2.45, 2.75) is 31.7 Å². The highest BCUT2D eigenvalue weighted by Gasteiger charge is 2.15. The largest absolute Gasteiger partial charge is 0.444 e. The number of oxazole rings is 1. The topological polar surface area (TPSA) is 64.1 Å². The van der Waals surface area contributed by atoms with Crippen molar-refractivity contribution in [1.82, 2.24) is 4.98 Å². The van der Waals surface area contributed by atoms with E-state index in [1.165, 1.54) is 32.1 Å². The average Bonchev–Trinajstić information content (AvgIpc) is 3.04. The minimum atomic E-state index is 0.573. The molecule has 0 amide bonds. The lowest BCUT2D eigenvalue weighted by atomic mass is 10.1. The maximum absolute atomic E-state index is 6.08. The summed E-state index contributed by atoms with van der Waals surface area (Å²) in [7, 11) is 0. The molecule has 1 aliphatic rings. The zero-order valence-corrected chi connectivity index (χ0v) is 10.2. The van der Waals surface area contributed by atoms with Gasteiger partial charge in [-0.25, -0.2) is 4.98 Å². The molecule has 1 aromatic carbocycles. The third kappa shape index (κ3) is 2.18. The maximum atomic E-state index is 6.08. The lowest BCUT2D eigenvalue weighted by Gasteiger charge is -2.15. The van der Waals surface area contributed by atoms with E-state index in [4.69, 9.17) is 10.2 Å². The smallest absolute Gasteiger partial charge is 0.181 e. The first-order valence-electron chi connectivity index (χ1n) is 6.38. The van der Waals surface area contributed by atoms with Crippen molar-refractivity contribution >= 4 is 11.4 Å². The molecule has 94 valence electrons. The van der Waals surface area contributed by atoms with E-state index >= 15 is 0 Å². The summed E-state index contributed by atoms with van der Waals surface area (Å²) in [5, 5.41) is 3.51. The zero-order chi connectivity index (χ0) is 12.4. The van der Waals surface area contributed by atoms with E-state index in [1.54, 1.807) is 6.20 Å². The van der Waals surface area contributed by atoms with Crippen LogP contribution < -0.4 is 11.1 Å². The molecule has 3 N–H and O–H groups in total. The van der Waals surface area contributed by atoms with Gasteiger partial charge in [-0.05, 0) is 31.0 Å². The first kappa shape index (κ1) is 11.1. The first-order chi connectivity index (χ1) is 8.83. The monoisotopic (exact) mass is 243 g/mol. The van der Waals surface area contributed by atoms with E-state index in [2.05, 4.69) is 10.3 Å². The van der Waals surface area contributed by atoms with Gasteiger partial charge in [-0.15, -0.1) is 0 Å². The molecule has 1 fully saturated rings. The molecule has 0 aliphatic heterocycles. The summed E-state index contributed by atoms with van der Waals surface area (Å²) in [5.41, 5.74) is 8.82. The molecule has 1 saturated carbocycles. The molecule has 0 radical (unpaired) electrons. The fraction of sp³-hybridized carbons (Fsp3) is 0.357. The molecule has 1 aromatic heterocycles. The molecule has 0 bridgehead atoms. The molecule has 1 heterocycles. The second-order valence-corrected chi connectivity index (χ2v) is 4.79. The molecule has 0 atom stereocenters. The number of hydrogen-bond donors (Lipinski definition) is 2. The minimum Gasteiger partial charge on any atom is -0.444 e. The van der Waals surface area contributed by atoms with Gasteiger partial charge in [-0.2, -0.15) is 0 Å². The summed E-state index contributed by atoms with van der Waals surface area (Å²) in [6.45, 7) is 0. The van der Waals surface area contributed by atoms with E-state index in [1.807, 2.05) is 18.2 Å². The summed E-state index contributed by atoms with van der Waals surface area (Å²) in [6.07, 6.45) is 8.23. The van der Waals surface area contributed by atoms with E-state index < -0.39 is 0 Å². The Morgan fingerprint density at radius 3 is 2.78 bits per heavy atom. The van der Waals surface area contributed by atoms with Gasteiger partial charge in [0.2, 0.25) is 0 Å². The molecule has 2 aromatic rings. The third-order valence-electron chi connectivity index (χ3n) is 3.48. The van der Waals surface area contributed by atoms with Gasteiger partial charge in [0.15, 0.2) is 12.2 Å². The number of rotatable bonds is 3. The summed E-state index contributed by atoms with van der Waals surface area (Å²) in [6, 6.07) is 6.53. The number of benzene rings is 1. The summed E-state index contributed by atoms with van der Waals surface area (Å²) in [5.74, 6) is 0.745. The van der Waals surface area contributed by atoms with Crippen molar-refractivity contribution < 1.29 is 4.42 Å². The van der Waals surface area contributed by atoms with Crippen LogP contribution in [0.5, 0.6) is 0 Å². The molecule has 4 heteroatoms. The molecule has 0 spiro atoms. The van der Waals surface area contributed by atoms with Gasteiger partial charge in [-0.1, -0.05) is 12.8 Å². The van der Waals surface area contributed by atoms with E-state index in [0.717, 1.165) is 22.7 Å². The van der Waals surface area contributed by atoms with E-state index in [-0.39, 0.29) is 0 Å². The Balaban J connectivity index is 1.80. The third-order valence-corrected chi connectivity index (χ3v) is 3.48. The van der Waals surface area contributed by atoms with Crippen LogP contribution >= 0.6 is 0 Å². The van der Waals surface area contributed by atoms with Crippen LogP contribution in [0.4, 0.5) is 11.4 Å². The predicted molar refractivity (Wildman–Crippen MR) is 72.2 cm³/mol.